The first-order chi connectivity index (χ1) is 38.5. The lowest BCUT2D eigenvalue weighted by atomic mass is 10.0. The van der Waals surface area contributed by atoms with Gasteiger partial charge in [0.2, 0.25) is 0 Å². The zero-order chi connectivity index (χ0) is 56.4. The first-order valence-electron chi connectivity index (χ1n) is 33.2. The van der Waals surface area contributed by atoms with Gasteiger partial charge in [-0.25, -0.2) is 0 Å². The Morgan fingerprint density at radius 3 is 0.808 bits per heavy atom. The van der Waals surface area contributed by atoms with E-state index in [1.54, 1.807) is 0 Å². The standard InChI is InChI=1S/C72H124O6/c1-4-7-10-13-16-19-22-25-28-31-33-34-35-36-37-38-40-41-44-47-50-53-56-59-62-65-71(74)77-68-69(67-76-70(73)64-61-58-55-52-49-46-43-30-27-24-21-18-15-12-9-6-3)78-72(75)66-63-60-57-54-51-48-45-42-39-32-29-26-23-20-17-14-11-8-5-2/h7,10,16,19,25,28,30,33-34,36-37,40-41,43,47,50,69H,4-6,8-9,11-15,17-18,20-24,26-27,29,31-32,35,38-39,42,44-46,48-49,51-68H2,1-3H3/b10-7-,19-16-,28-25-,34-33-,37-36-,41-40-,43-30-,50-47-. The summed E-state index contributed by atoms with van der Waals surface area (Å²) in [4.78, 5) is 38.4. The third kappa shape index (κ3) is 63.2. The van der Waals surface area contributed by atoms with Crippen molar-refractivity contribution in [1.82, 2.24) is 0 Å². The number of hydrogen-bond donors (Lipinski definition) is 0. The highest BCUT2D eigenvalue weighted by Crippen LogP contribution is 2.17. The van der Waals surface area contributed by atoms with Crippen molar-refractivity contribution in [3.05, 3.63) is 97.2 Å². The second-order valence-corrected chi connectivity index (χ2v) is 22.0. The normalized spacial score (nSPS) is 12.7. The number of carbonyl (C=O) groups is 3. The summed E-state index contributed by atoms with van der Waals surface area (Å²) in [7, 11) is 0. The van der Waals surface area contributed by atoms with Gasteiger partial charge in [-0.3, -0.25) is 14.4 Å². The van der Waals surface area contributed by atoms with Crippen molar-refractivity contribution < 1.29 is 28.6 Å². The Bertz CT molecular complexity index is 1530. The largest absolute Gasteiger partial charge is 0.462 e. The number of esters is 3. The van der Waals surface area contributed by atoms with E-state index >= 15 is 0 Å². The fourth-order valence-electron chi connectivity index (χ4n) is 9.36. The van der Waals surface area contributed by atoms with Crippen molar-refractivity contribution in [2.45, 2.75) is 329 Å². The van der Waals surface area contributed by atoms with E-state index in [2.05, 4.69) is 118 Å². The summed E-state index contributed by atoms with van der Waals surface area (Å²) in [5.74, 6) is -0.917. The lowest BCUT2D eigenvalue weighted by molar-refractivity contribution is -0.167. The molecule has 0 saturated heterocycles. The van der Waals surface area contributed by atoms with Gasteiger partial charge in [0.1, 0.15) is 13.2 Å². The molecule has 1 atom stereocenters. The molecule has 0 saturated carbocycles. The first kappa shape index (κ1) is 74.3. The summed E-state index contributed by atoms with van der Waals surface area (Å²) in [6, 6.07) is 0. The minimum absolute atomic E-state index is 0.0901. The summed E-state index contributed by atoms with van der Waals surface area (Å²) >= 11 is 0. The van der Waals surface area contributed by atoms with Gasteiger partial charge >= 0.3 is 17.9 Å². The van der Waals surface area contributed by atoms with Crippen LogP contribution in [0, 0.1) is 0 Å². The highest BCUT2D eigenvalue weighted by molar-refractivity contribution is 5.71. The van der Waals surface area contributed by atoms with E-state index in [1.165, 1.54) is 167 Å². The summed E-state index contributed by atoms with van der Waals surface area (Å²) < 4.78 is 16.9. The van der Waals surface area contributed by atoms with E-state index in [1.807, 2.05) is 0 Å². The van der Waals surface area contributed by atoms with E-state index in [9.17, 15) is 14.4 Å². The van der Waals surface area contributed by atoms with Crippen LogP contribution in [0.25, 0.3) is 0 Å². The van der Waals surface area contributed by atoms with Crippen LogP contribution in [0.3, 0.4) is 0 Å². The molecule has 0 aromatic rings. The quantitative estimate of drug-likeness (QED) is 0.0261. The average molecular weight is 1090 g/mol. The fourth-order valence-corrected chi connectivity index (χ4v) is 9.36. The Hall–Kier alpha value is -3.67. The van der Waals surface area contributed by atoms with Crippen LogP contribution in [0.15, 0.2) is 97.2 Å². The molecule has 0 N–H and O–H groups in total. The number of unbranched alkanes of at least 4 members (excludes halogenated alkanes) is 33. The topological polar surface area (TPSA) is 78.9 Å². The minimum atomic E-state index is -0.795. The summed E-state index contributed by atoms with van der Waals surface area (Å²) in [5.41, 5.74) is 0. The molecule has 6 nitrogen and oxygen atoms in total. The van der Waals surface area contributed by atoms with E-state index in [0.717, 1.165) is 116 Å². The highest BCUT2D eigenvalue weighted by Gasteiger charge is 2.19. The van der Waals surface area contributed by atoms with Gasteiger partial charge in [-0.1, -0.05) is 298 Å². The Morgan fingerprint density at radius 1 is 0.269 bits per heavy atom. The fraction of sp³-hybridized carbons (Fsp3) is 0.736. The second kappa shape index (κ2) is 65.8. The van der Waals surface area contributed by atoms with Crippen LogP contribution in [0.5, 0.6) is 0 Å². The predicted molar refractivity (Wildman–Crippen MR) is 339 cm³/mol. The van der Waals surface area contributed by atoms with E-state index in [-0.39, 0.29) is 31.1 Å². The Labute approximate surface area is 483 Å². The van der Waals surface area contributed by atoms with Crippen molar-refractivity contribution in [2.24, 2.45) is 0 Å². The SMILES string of the molecule is CC/C=C\C/C=C\C/C=C\C/C=C\C/C=C\C/C=C\C/C=C\CCCCCC(=O)OCC(COC(=O)CCCCCCC/C=C\CCCCCCCCC)OC(=O)CCCCCCCCCCCCCCCCCCCCC. The van der Waals surface area contributed by atoms with Crippen LogP contribution in [-0.2, 0) is 28.6 Å². The van der Waals surface area contributed by atoms with Crippen LogP contribution in [0.4, 0.5) is 0 Å². The smallest absolute Gasteiger partial charge is 0.306 e. The van der Waals surface area contributed by atoms with Gasteiger partial charge < -0.3 is 14.2 Å². The van der Waals surface area contributed by atoms with Gasteiger partial charge in [-0.15, -0.1) is 0 Å². The number of allylic oxidation sites excluding steroid dienone is 16. The van der Waals surface area contributed by atoms with Crippen LogP contribution in [0.1, 0.15) is 323 Å². The molecule has 0 radical (unpaired) electrons. The lowest BCUT2D eigenvalue weighted by Crippen LogP contribution is -2.30. The maximum atomic E-state index is 12.9. The van der Waals surface area contributed by atoms with Crippen molar-refractivity contribution in [3.8, 4) is 0 Å². The zero-order valence-electron chi connectivity index (χ0n) is 51.4. The van der Waals surface area contributed by atoms with Crippen molar-refractivity contribution in [1.29, 1.82) is 0 Å². The molecule has 0 heterocycles. The van der Waals surface area contributed by atoms with Crippen LogP contribution >= 0.6 is 0 Å². The van der Waals surface area contributed by atoms with Gasteiger partial charge in [0, 0.05) is 19.3 Å². The molecular formula is C72H124O6. The Kier molecular flexibility index (Phi) is 62.7. The number of ether oxygens (including phenoxy) is 3. The van der Waals surface area contributed by atoms with E-state index < -0.39 is 6.10 Å². The van der Waals surface area contributed by atoms with Crippen LogP contribution < -0.4 is 0 Å². The van der Waals surface area contributed by atoms with E-state index in [0.29, 0.717) is 19.3 Å². The van der Waals surface area contributed by atoms with Gasteiger partial charge in [0.05, 0.1) is 0 Å². The van der Waals surface area contributed by atoms with Crippen molar-refractivity contribution in [3.63, 3.8) is 0 Å². The molecular weight excluding hydrogens is 961 g/mol. The van der Waals surface area contributed by atoms with E-state index in [4.69, 9.17) is 14.2 Å². The monoisotopic (exact) mass is 1080 g/mol. The number of carbonyl (C=O) groups excluding carboxylic acids is 3. The van der Waals surface area contributed by atoms with Gasteiger partial charge in [0.15, 0.2) is 6.10 Å². The maximum absolute atomic E-state index is 12.9. The molecule has 0 bridgehead atoms. The molecule has 0 aliphatic carbocycles. The number of rotatable bonds is 60. The van der Waals surface area contributed by atoms with Crippen molar-refractivity contribution in [2.75, 3.05) is 13.2 Å². The highest BCUT2D eigenvalue weighted by atomic mass is 16.6. The maximum Gasteiger partial charge on any atom is 0.306 e. The molecule has 0 spiro atoms. The summed E-state index contributed by atoms with van der Waals surface area (Å²) in [5, 5.41) is 0. The molecule has 78 heavy (non-hydrogen) atoms. The summed E-state index contributed by atoms with van der Waals surface area (Å²) in [6.07, 6.45) is 88.4. The van der Waals surface area contributed by atoms with Crippen LogP contribution in [0.2, 0.25) is 0 Å². The van der Waals surface area contributed by atoms with Gasteiger partial charge in [0.25, 0.3) is 0 Å². The second-order valence-electron chi connectivity index (χ2n) is 22.0. The molecule has 0 aliphatic rings. The molecule has 6 heteroatoms. The average Bonchev–Trinajstić information content (AvgIpc) is 3.44. The third-order valence-corrected chi connectivity index (χ3v) is 14.3. The third-order valence-electron chi connectivity index (χ3n) is 14.3. The molecule has 0 aromatic heterocycles. The van der Waals surface area contributed by atoms with Gasteiger partial charge in [-0.05, 0) is 103 Å². The minimum Gasteiger partial charge on any atom is -0.462 e. The molecule has 448 valence electrons. The molecule has 0 rings (SSSR count). The zero-order valence-corrected chi connectivity index (χ0v) is 51.4. The predicted octanol–water partition coefficient (Wildman–Crippen LogP) is 22.8. The van der Waals surface area contributed by atoms with Crippen LogP contribution in [-0.4, -0.2) is 37.2 Å². The van der Waals surface area contributed by atoms with Gasteiger partial charge in [-0.2, -0.15) is 0 Å². The molecule has 0 amide bonds. The molecule has 0 aliphatic heterocycles. The number of hydrogen-bond acceptors (Lipinski definition) is 6. The first-order valence-corrected chi connectivity index (χ1v) is 33.2. The Balaban J connectivity index is 4.43. The lowest BCUT2D eigenvalue weighted by Gasteiger charge is -2.18. The molecule has 0 aromatic carbocycles. The van der Waals surface area contributed by atoms with Crippen molar-refractivity contribution >= 4 is 17.9 Å². The molecule has 1 unspecified atom stereocenters. The molecule has 0 fully saturated rings. The Morgan fingerprint density at radius 2 is 0.500 bits per heavy atom. The summed E-state index contributed by atoms with van der Waals surface area (Å²) in [6.45, 7) is 6.53.